The molecular formula is C24H29N. The van der Waals surface area contributed by atoms with Gasteiger partial charge in [0.2, 0.25) is 0 Å². The third-order valence-electron chi connectivity index (χ3n) is 5.22. The summed E-state index contributed by atoms with van der Waals surface area (Å²) in [4.78, 5) is 4.70. The molecule has 0 aromatic heterocycles. The van der Waals surface area contributed by atoms with Gasteiger partial charge in [-0.1, -0.05) is 54.3 Å². The van der Waals surface area contributed by atoms with E-state index in [0.29, 0.717) is 0 Å². The van der Waals surface area contributed by atoms with Gasteiger partial charge in [-0.05, 0) is 68.9 Å². The Hall–Kier alpha value is -2.15. The maximum absolute atomic E-state index is 4.70. The summed E-state index contributed by atoms with van der Waals surface area (Å²) in [6.07, 6.45) is 9.68. The van der Waals surface area contributed by atoms with E-state index in [1.807, 2.05) is 7.05 Å². The highest BCUT2D eigenvalue weighted by atomic mass is 14.7. The zero-order valence-electron chi connectivity index (χ0n) is 16.0. The Morgan fingerprint density at radius 1 is 1.00 bits per heavy atom. The number of aliphatic imine (C=N–C) groups is 1. The van der Waals surface area contributed by atoms with E-state index in [1.54, 1.807) is 0 Å². The molecule has 1 aliphatic carbocycles. The minimum atomic E-state index is 0.718. The van der Waals surface area contributed by atoms with Crippen LogP contribution in [0, 0.1) is 13.8 Å². The van der Waals surface area contributed by atoms with Crippen LogP contribution in [0.2, 0.25) is 0 Å². The van der Waals surface area contributed by atoms with Gasteiger partial charge in [0, 0.05) is 18.2 Å². The number of nitrogens with zero attached hydrogens (tertiary/aromatic N) is 1. The zero-order chi connectivity index (χ0) is 17.8. The molecule has 0 N–H and O–H groups in total. The van der Waals surface area contributed by atoms with Gasteiger partial charge in [0.15, 0.2) is 0 Å². The number of aryl methyl sites for hydroxylation is 2. The van der Waals surface area contributed by atoms with Gasteiger partial charge >= 0.3 is 0 Å². The lowest BCUT2D eigenvalue weighted by molar-refractivity contribution is 0.723. The van der Waals surface area contributed by atoms with Gasteiger partial charge in [-0.3, -0.25) is 4.99 Å². The summed E-state index contributed by atoms with van der Waals surface area (Å²) < 4.78 is 0. The molecule has 0 unspecified atom stereocenters. The molecule has 1 nitrogen and oxygen atoms in total. The maximum atomic E-state index is 4.70. The molecule has 130 valence electrons. The average molecular weight is 332 g/mol. The second-order valence-corrected chi connectivity index (χ2v) is 7.28. The van der Waals surface area contributed by atoms with Gasteiger partial charge in [0.05, 0.1) is 5.71 Å². The summed E-state index contributed by atoms with van der Waals surface area (Å²) in [5, 5.41) is 0. The monoisotopic (exact) mass is 331 g/mol. The van der Waals surface area contributed by atoms with Crippen molar-refractivity contribution in [3.05, 3.63) is 75.9 Å². The number of benzene rings is 2. The highest BCUT2D eigenvalue weighted by Crippen LogP contribution is 2.35. The summed E-state index contributed by atoms with van der Waals surface area (Å²) in [6, 6.07) is 13.7. The SMILES string of the molecule is C/C=C\c1ccc(C2CCCC2)cc1C(=NC)c1cc(C)cc(C)c1. The Bertz CT molecular complexity index is 785. The number of hydrogen-bond acceptors (Lipinski definition) is 1. The third-order valence-corrected chi connectivity index (χ3v) is 5.22. The van der Waals surface area contributed by atoms with Crippen molar-refractivity contribution in [2.24, 2.45) is 4.99 Å². The summed E-state index contributed by atoms with van der Waals surface area (Å²) >= 11 is 0. The van der Waals surface area contributed by atoms with Crippen LogP contribution in [-0.4, -0.2) is 12.8 Å². The molecule has 3 rings (SSSR count). The van der Waals surface area contributed by atoms with Crippen molar-refractivity contribution >= 4 is 11.8 Å². The Morgan fingerprint density at radius 3 is 2.28 bits per heavy atom. The predicted octanol–water partition coefficient (Wildman–Crippen LogP) is 6.46. The summed E-state index contributed by atoms with van der Waals surface area (Å²) in [5.41, 5.74) is 8.88. The Balaban J connectivity index is 2.12. The van der Waals surface area contributed by atoms with Gasteiger partial charge in [0.25, 0.3) is 0 Å². The molecule has 1 fully saturated rings. The molecule has 0 saturated heterocycles. The van der Waals surface area contributed by atoms with Crippen LogP contribution in [0.15, 0.2) is 47.5 Å². The van der Waals surface area contributed by atoms with E-state index < -0.39 is 0 Å². The highest BCUT2D eigenvalue weighted by molar-refractivity contribution is 6.15. The fraction of sp³-hybridized carbons (Fsp3) is 0.375. The van der Waals surface area contributed by atoms with E-state index in [1.165, 1.54) is 59.1 Å². The molecule has 0 atom stereocenters. The molecule has 1 heteroatoms. The van der Waals surface area contributed by atoms with E-state index in [0.717, 1.165) is 11.6 Å². The van der Waals surface area contributed by atoms with Crippen molar-refractivity contribution < 1.29 is 0 Å². The molecule has 0 heterocycles. The molecular weight excluding hydrogens is 302 g/mol. The molecule has 0 spiro atoms. The Labute approximate surface area is 152 Å². The molecule has 2 aromatic rings. The van der Waals surface area contributed by atoms with Gasteiger partial charge < -0.3 is 0 Å². The second kappa shape index (κ2) is 7.82. The largest absolute Gasteiger partial charge is 0.287 e. The molecule has 25 heavy (non-hydrogen) atoms. The third kappa shape index (κ3) is 3.92. The fourth-order valence-corrected chi connectivity index (χ4v) is 4.13. The standard InChI is InChI=1S/C24H29N/c1-5-8-20-11-12-21(19-9-6-7-10-19)16-23(20)24(25-4)22-14-17(2)13-18(3)15-22/h5,8,11-16,19H,6-7,9-10H2,1-4H3/b8-5-,25-24?. The number of rotatable bonds is 4. The van der Waals surface area contributed by atoms with Crippen LogP contribution in [0.3, 0.4) is 0 Å². The molecule has 1 aliphatic rings. The fourth-order valence-electron chi connectivity index (χ4n) is 4.13. The summed E-state index contributed by atoms with van der Waals surface area (Å²) in [7, 11) is 1.91. The Kier molecular flexibility index (Phi) is 5.53. The van der Waals surface area contributed by atoms with Gasteiger partial charge in [-0.15, -0.1) is 0 Å². The normalized spacial score (nSPS) is 16.1. The van der Waals surface area contributed by atoms with Gasteiger partial charge in [0.1, 0.15) is 0 Å². The summed E-state index contributed by atoms with van der Waals surface area (Å²) in [5.74, 6) is 0.718. The van der Waals surface area contributed by atoms with Gasteiger partial charge in [-0.25, -0.2) is 0 Å². The van der Waals surface area contributed by atoms with Crippen LogP contribution in [0.4, 0.5) is 0 Å². The molecule has 0 bridgehead atoms. The zero-order valence-corrected chi connectivity index (χ0v) is 16.0. The first-order chi connectivity index (χ1) is 12.1. The lowest BCUT2D eigenvalue weighted by atomic mass is 9.89. The minimum absolute atomic E-state index is 0.718. The minimum Gasteiger partial charge on any atom is -0.287 e. The van der Waals surface area contributed by atoms with Crippen LogP contribution in [0.25, 0.3) is 6.08 Å². The van der Waals surface area contributed by atoms with Gasteiger partial charge in [-0.2, -0.15) is 0 Å². The molecule has 2 aromatic carbocycles. The van der Waals surface area contributed by atoms with Crippen LogP contribution < -0.4 is 0 Å². The first-order valence-corrected chi connectivity index (χ1v) is 9.45. The molecule has 0 amide bonds. The van der Waals surface area contributed by atoms with E-state index in [-0.39, 0.29) is 0 Å². The van der Waals surface area contributed by atoms with Crippen molar-refractivity contribution in [1.82, 2.24) is 0 Å². The molecule has 0 radical (unpaired) electrons. The maximum Gasteiger partial charge on any atom is 0.0721 e. The Morgan fingerprint density at radius 2 is 1.68 bits per heavy atom. The van der Waals surface area contributed by atoms with Crippen molar-refractivity contribution in [2.75, 3.05) is 7.05 Å². The topological polar surface area (TPSA) is 12.4 Å². The van der Waals surface area contributed by atoms with Crippen molar-refractivity contribution in [3.63, 3.8) is 0 Å². The quantitative estimate of drug-likeness (QED) is 0.570. The molecule has 0 aliphatic heterocycles. The predicted molar refractivity (Wildman–Crippen MR) is 110 cm³/mol. The lowest BCUT2D eigenvalue weighted by Gasteiger charge is -2.16. The highest BCUT2D eigenvalue weighted by Gasteiger charge is 2.19. The van der Waals surface area contributed by atoms with E-state index >= 15 is 0 Å². The second-order valence-electron chi connectivity index (χ2n) is 7.28. The average Bonchev–Trinajstić information content (AvgIpc) is 3.11. The van der Waals surface area contributed by atoms with E-state index in [9.17, 15) is 0 Å². The van der Waals surface area contributed by atoms with Crippen LogP contribution in [0.1, 0.15) is 71.9 Å². The van der Waals surface area contributed by atoms with Crippen molar-refractivity contribution in [1.29, 1.82) is 0 Å². The van der Waals surface area contributed by atoms with E-state index in [2.05, 4.69) is 69.3 Å². The van der Waals surface area contributed by atoms with Crippen molar-refractivity contribution in [3.8, 4) is 0 Å². The van der Waals surface area contributed by atoms with E-state index in [4.69, 9.17) is 4.99 Å². The summed E-state index contributed by atoms with van der Waals surface area (Å²) in [6.45, 7) is 6.39. The van der Waals surface area contributed by atoms with Crippen molar-refractivity contribution in [2.45, 2.75) is 52.4 Å². The molecule has 1 saturated carbocycles. The first kappa shape index (κ1) is 17.7. The van der Waals surface area contributed by atoms with Crippen LogP contribution in [0.5, 0.6) is 0 Å². The van der Waals surface area contributed by atoms with Crippen LogP contribution >= 0.6 is 0 Å². The number of hydrogen-bond donors (Lipinski definition) is 0. The lowest BCUT2D eigenvalue weighted by Crippen LogP contribution is -2.08. The number of allylic oxidation sites excluding steroid dienone is 1. The smallest absolute Gasteiger partial charge is 0.0721 e. The first-order valence-electron chi connectivity index (χ1n) is 9.45. The van der Waals surface area contributed by atoms with Crippen LogP contribution in [-0.2, 0) is 0 Å².